The van der Waals surface area contributed by atoms with Gasteiger partial charge >= 0.3 is 0 Å². The van der Waals surface area contributed by atoms with E-state index in [0.29, 0.717) is 0 Å². The van der Waals surface area contributed by atoms with Gasteiger partial charge in [-0.1, -0.05) is 26.7 Å². The number of nitrogens with zero attached hydrogens (tertiary/aromatic N) is 2. The van der Waals surface area contributed by atoms with Crippen molar-refractivity contribution in [2.24, 2.45) is 5.92 Å². The molecule has 0 fully saturated rings. The van der Waals surface area contributed by atoms with Crippen LogP contribution in [0.25, 0.3) is 0 Å². The zero-order chi connectivity index (χ0) is 9.84. The Morgan fingerprint density at radius 3 is 2.46 bits per heavy atom. The Morgan fingerprint density at radius 1 is 1.46 bits per heavy atom. The largest absolute Gasteiger partial charge is 0.396 e. The third kappa shape index (κ3) is 2.23. The molecule has 0 aromatic carbocycles. The molecule has 2 N–H and O–H groups in total. The second kappa shape index (κ2) is 4.30. The van der Waals surface area contributed by atoms with Gasteiger partial charge in [-0.3, -0.25) is 4.68 Å². The highest BCUT2D eigenvalue weighted by molar-refractivity contribution is 5.39. The Labute approximate surface area is 79.9 Å². The first-order chi connectivity index (χ1) is 6.19. The third-order valence-corrected chi connectivity index (χ3v) is 2.73. The fraction of sp³-hybridized carbons (Fsp3) is 0.700. The molecule has 0 aliphatic heterocycles. The minimum absolute atomic E-state index is 0.720. The quantitative estimate of drug-likeness (QED) is 0.774. The van der Waals surface area contributed by atoms with Crippen molar-refractivity contribution in [3.8, 4) is 0 Å². The van der Waals surface area contributed by atoms with Gasteiger partial charge in [-0.05, 0) is 12.8 Å². The van der Waals surface area contributed by atoms with Crippen molar-refractivity contribution >= 4 is 5.69 Å². The van der Waals surface area contributed by atoms with E-state index in [-0.39, 0.29) is 0 Å². The summed E-state index contributed by atoms with van der Waals surface area (Å²) in [5.74, 6) is 0.720. The molecule has 1 heterocycles. The van der Waals surface area contributed by atoms with Crippen LogP contribution in [-0.4, -0.2) is 9.78 Å². The summed E-state index contributed by atoms with van der Waals surface area (Å²) in [7, 11) is 0. The molecular weight excluding hydrogens is 162 g/mol. The fourth-order valence-corrected chi connectivity index (χ4v) is 1.44. The van der Waals surface area contributed by atoms with Crippen LogP contribution in [0, 0.1) is 12.8 Å². The second-order valence-corrected chi connectivity index (χ2v) is 3.55. The van der Waals surface area contributed by atoms with E-state index in [0.717, 1.165) is 23.8 Å². The number of anilines is 1. The molecule has 3 heteroatoms. The third-order valence-electron chi connectivity index (χ3n) is 2.73. The normalized spacial score (nSPS) is 11.1. The van der Waals surface area contributed by atoms with Gasteiger partial charge in [-0.2, -0.15) is 5.10 Å². The summed E-state index contributed by atoms with van der Waals surface area (Å²) in [6.45, 7) is 7.45. The molecule has 0 bridgehead atoms. The van der Waals surface area contributed by atoms with E-state index in [9.17, 15) is 0 Å². The van der Waals surface area contributed by atoms with Gasteiger partial charge in [0.1, 0.15) is 0 Å². The Hall–Kier alpha value is -0.990. The van der Waals surface area contributed by atoms with E-state index in [1.165, 1.54) is 12.8 Å². The van der Waals surface area contributed by atoms with E-state index >= 15 is 0 Å². The van der Waals surface area contributed by atoms with Gasteiger partial charge in [0.2, 0.25) is 0 Å². The molecule has 0 saturated carbocycles. The van der Waals surface area contributed by atoms with Crippen LogP contribution in [0.4, 0.5) is 5.69 Å². The van der Waals surface area contributed by atoms with Crippen LogP contribution < -0.4 is 5.73 Å². The molecule has 1 aromatic rings. The van der Waals surface area contributed by atoms with Crippen LogP contribution in [0.5, 0.6) is 0 Å². The molecule has 0 unspecified atom stereocenters. The van der Waals surface area contributed by atoms with Crippen molar-refractivity contribution in [2.45, 2.75) is 40.2 Å². The zero-order valence-electron chi connectivity index (χ0n) is 8.75. The van der Waals surface area contributed by atoms with Gasteiger partial charge in [-0.15, -0.1) is 0 Å². The van der Waals surface area contributed by atoms with E-state index in [2.05, 4.69) is 18.9 Å². The van der Waals surface area contributed by atoms with Crippen LogP contribution in [0.15, 0.2) is 6.20 Å². The summed E-state index contributed by atoms with van der Waals surface area (Å²) in [4.78, 5) is 0. The summed E-state index contributed by atoms with van der Waals surface area (Å²) < 4.78 is 2.01. The predicted octanol–water partition coefficient (Wildman–Crippen LogP) is 2.21. The van der Waals surface area contributed by atoms with Gasteiger partial charge in [0.15, 0.2) is 0 Å². The lowest BCUT2D eigenvalue weighted by atomic mass is 10.0. The maximum Gasteiger partial charge on any atom is 0.0730 e. The maximum atomic E-state index is 5.72. The first kappa shape index (κ1) is 10.1. The van der Waals surface area contributed by atoms with Crippen molar-refractivity contribution in [3.63, 3.8) is 0 Å². The van der Waals surface area contributed by atoms with Crippen molar-refractivity contribution in [1.29, 1.82) is 0 Å². The number of hydrogen-bond donors (Lipinski definition) is 1. The van der Waals surface area contributed by atoms with Crippen molar-refractivity contribution in [1.82, 2.24) is 9.78 Å². The number of nitrogen functional groups attached to an aromatic ring is 1. The Bertz CT molecular complexity index is 261. The lowest BCUT2D eigenvalue weighted by Gasteiger charge is -2.13. The summed E-state index contributed by atoms with van der Waals surface area (Å²) in [6.07, 6.45) is 4.14. The standard InChI is InChI=1S/C10H19N3/c1-4-9(5-2)7-13-8(3)10(11)6-12-13/h6,9H,4-5,7,11H2,1-3H3. The molecule has 0 radical (unpaired) electrons. The molecule has 0 saturated heterocycles. The molecule has 0 atom stereocenters. The molecule has 74 valence electrons. The first-order valence-corrected chi connectivity index (χ1v) is 4.96. The fourth-order valence-electron chi connectivity index (χ4n) is 1.44. The van der Waals surface area contributed by atoms with Crippen LogP contribution in [0.2, 0.25) is 0 Å². The van der Waals surface area contributed by atoms with E-state index in [1.54, 1.807) is 6.20 Å². The average molecular weight is 181 g/mol. The summed E-state index contributed by atoms with van der Waals surface area (Å²) in [6, 6.07) is 0. The number of aromatic nitrogens is 2. The highest BCUT2D eigenvalue weighted by Crippen LogP contribution is 2.14. The minimum Gasteiger partial charge on any atom is -0.396 e. The molecule has 13 heavy (non-hydrogen) atoms. The summed E-state index contributed by atoms with van der Waals surface area (Å²) in [5, 5.41) is 4.24. The van der Waals surface area contributed by atoms with Gasteiger partial charge in [0.05, 0.1) is 17.6 Å². The smallest absolute Gasteiger partial charge is 0.0730 e. The Balaban J connectivity index is 2.67. The lowest BCUT2D eigenvalue weighted by Crippen LogP contribution is -2.11. The van der Waals surface area contributed by atoms with Crippen LogP contribution in [0.1, 0.15) is 32.4 Å². The van der Waals surface area contributed by atoms with Crippen LogP contribution in [-0.2, 0) is 6.54 Å². The van der Waals surface area contributed by atoms with Crippen molar-refractivity contribution in [3.05, 3.63) is 11.9 Å². The number of rotatable bonds is 4. The highest BCUT2D eigenvalue weighted by Gasteiger charge is 2.08. The van der Waals surface area contributed by atoms with E-state index < -0.39 is 0 Å². The molecular formula is C10H19N3. The molecule has 1 rings (SSSR count). The molecule has 0 spiro atoms. The summed E-state index contributed by atoms with van der Waals surface area (Å²) >= 11 is 0. The molecule has 0 amide bonds. The van der Waals surface area contributed by atoms with Gasteiger partial charge in [0.25, 0.3) is 0 Å². The predicted molar refractivity (Wildman–Crippen MR) is 55.4 cm³/mol. The van der Waals surface area contributed by atoms with Gasteiger partial charge in [0, 0.05) is 6.54 Å². The van der Waals surface area contributed by atoms with Crippen LogP contribution in [0.3, 0.4) is 0 Å². The zero-order valence-corrected chi connectivity index (χ0v) is 8.75. The number of hydrogen-bond acceptors (Lipinski definition) is 2. The second-order valence-electron chi connectivity index (χ2n) is 3.55. The molecule has 0 aliphatic rings. The van der Waals surface area contributed by atoms with E-state index in [1.807, 2.05) is 11.6 Å². The molecule has 0 aliphatic carbocycles. The minimum atomic E-state index is 0.720. The first-order valence-electron chi connectivity index (χ1n) is 4.96. The average Bonchev–Trinajstić information content (AvgIpc) is 2.45. The topological polar surface area (TPSA) is 43.8 Å². The monoisotopic (exact) mass is 181 g/mol. The van der Waals surface area contributed by atoms with Crippen molar-refractivity contribution < 1.29 is 0 Å². The Kier molecular flexibility index (Phi) is 3.34. The Morgan fingerprint density at radius 2 is 2.08 bits per heavy atom. The molecule has 1 aromatic heterocycles. The number of nitrogens with two attached hydrogens (primary N) is 1. The van der Waals surface area contributed by atoms with Gasteiger partial charge < -0.3 is 5.73 Å². The molecule has 3 nitrogen and oxygen atoms in total. The lowest BCUT2D eigenvalue weighted by molar-refractivity contribution is 0.391. The SMILES string of the molecule is CCC(CC)Cn1ncc(N)c1C. The van der Waals surface area contributed by atoms with E-state index in [4.69, 9.17) is 5.73 Å². The summed E-state index contributed by atoms with van der Waals surface area (Å²) in [5.41, 5.74) is 7.60. The maximum absolute atomic E-state index is 5.72. The van der Waals surface area contributed by atoms with Gasteiger partial charge in [-0.25, -0.2) is 0 Å². The van der Waals surface area contributed by atoms with Crippen molar-refractivity contribution in [2.75, 3.05) is 5.73 Å². The highest BCUT2D eigenvalue weighted by atomic mass is 15.3. The van der Waals surface area contributed by atoms with Crippen LogP contribution >= 0.6 is 0 Å².